The van der Waals surface area contributed by atoms with Crippen molar-refractivity contribution in [1.82, 2.24) is 5.32 Å². The molecule has 0 spiro atoms. The van der Waals surface area contributed by atoms with E-state index >= 15 is 0 Å². The van der Waals surface area contributed by atoms with Gasteiger partial charge in [-0.25, -0.2) is 0 Å². The summed E-state index contributed by atoms with van der Waals surface area (Å²) in [4.78, 5) is 0. The fourth-order valence-corrected chi connectivity index (χ4v) is 3.65. The molecule has 1 aliphatic carbocycles. The average Bonchev–Trinajstić information content (AvgIpc) is 2.60. The predicted octanol–water partition coefficient (Wildman–Crippen LogP) is 2.34. The number of aliphatic hydroxyl groups is 1. The van der Waals surface area contributed by atoms with Crippen molar-refractivity contribution in [3.63, 3.8) is 0 Å². The zero-order valence-electron chi connectivity index (χ0n) is 13.2. The molecule has 122 valence electrons. The standard InChI is InChI=1S/C18H27NO3/c20-14-18(10-5-7-15-6-1-2-8-16(15)18)19-11-13-22-17-9-3-4-12-21-17/h1-2,6,8,17,19-20H,3-5,7,9-14H2/t17-,18+/m1/s1. The third-order valence-electron chi connectivity index (χ3n) is 4.86. The number of fused-ring (bicyclic) bond motifs is 1. The molecule has 1 aromatic rings. The highest BCUT2D eigenvalue weighted by Gasteiger charge is 2.35. The summed E-state index contributed by atoms with van der Waals surface area (Å²) in [6.45, 7) is 2.29. The number of aryl methyl sites for hydroxylation is 1. The van der Waals surface area contributed by atoms with Crippen molar-refractivity contribution < 1.29 is 14.6 Å². The second kappa shape index (κ2) is 7.55. The van der Waals surface area contributed by atoms with Crippen molar-refractivity contribution in [1.29, 1.82) is 0 Å². The Morgan fingerprint density at radius 2 is 2.18 bits per heavy atom. The summed E-state index contributed by atoms with van der Waals surface area (Å²) >= 11 is 0. The summed E-state index contributed by atoms with van der Waals surface area (Å²) < 4.78 is 11.4. The molecule has 0 radical (unpaired) electrons. The SMILES string of the molecule is OC[C@@]1(NCCO[C@@H]2CCCCO2)CCCc2ccccc21. The molecule has 2 aliphatic rings. The Hall–Kier alpha value is -0.940. The second-order valence-corrected chi connectivity index (χ2v) is 6.34. The van der Waals surface area contributed by atoms with Gasteiger partial charge >= 0.3 is 0 Å². The Morgan fingerprint density at radius 3 is 3.00 bits per heavy atom. The fraction of sp³-hybridized carbons (Fsp3) is 0.667. The van der Waals surface area contributed by atoms with E-state index in [4.69, 9.17) is 9.47 Å². The highest BCUT2D eigenvalue weighted by molar-refractivity contribution is 5.36. The topological polar surface area (TPSA) is 50.7 Å². The molecule has 0 amide bonds. The first-order valence-corrected chi connectivity index (χ1v) is 8.51. The quantitative estimate of drug-likeness (QED) is 0.792. The van der Waals surface area contributed by atoms with E-state index in [9.17, 15) is 5.11 Å². The van der Waals surface area contributed by atoms with Crippen molar-refractivity contribution in [2.75, 3.05) is 26.4 Å². The lowest BCUT2D eigenvalue weighted by Crippen LogP contribution is -2.49. The van der Waals surface area contributed by atoms with E-state index in [0.29, 0.717) is 6.61 Å². The molecule has 3 rings (SSSR count). The van der Waals surface area contributed by atoms with Crippen LogP contribution < -0.4 is 5.32 Å². The van der Waals surface area contributed by atoms with Crippen LogP contribution in [0.5, 0.6) is 0 Å². The molecule has 1 aromatic carbocycles. The Kier molecular flexibility index (Phi) is 5.47. The minimum absolute atomic E-state index is 0.0423. The van der Waals surface area contributed by atoms with Gasteiger partial charge < -0.3 is 19.9 Å². The highest BCUT2D eigenvalue weighted by Crippen LogP contribution is 2.34. The largest absolute Gasteiger partial charge is 0.394 e. The molecule has 1 aliphatic heterocycles. The van der Waals surface area contributed by atoms with Crippen molar-refractivity contribution in [3.8, 4) is 0 Å². The molecule has 2 N–H and O–H groups in total. The van der Waals surface area contributed by atoms with Gasteiger partial charge in [0.1, 0.15) is 0 Å². The van der Waals surface area contributed by atoms with Crippen LogP contribution in [0.25, 0.3) is 0 Å². The Balaban J connectivity index is 1.55. The molecule has 1 fully saturated rings. The molecule has 0 aromatic heterocycles. The van der Waals surface area contributed by atoms with Crippen molar-refractivity contribution in [3.05, 3.63) is 35.4 Å². The van der Waals surface area contributed by atoms with Crippen LogP contribution in [0.3, 0.4) is 0 Å². The maximum atomic E-state index is 10.0. The smallest absolute Gasteiger partial charge is 0.157 e. The van der Waals surface area contributed by atoms with Gasteiger partial charge in [-0.3, -0.25) is 0 Å². The van der Waals surface area contributed by atoms with Gasteiger partial charge in [0.05, 0.1) is 18.8 Å². The number of benzene rings is 1. The first kappa shape index (κ1) is 15.9. The number of hydrogen-bond acceptors (Lipinski definition) is 4. The van der Waals surface area contributed by atoms with Crippen molar-refractivity contribution in [2.45, 2.75) is 50.4 Å². The van der Waals surface area contributed by atoms with E-state index in [1.807, 2.05) is 0 Å². The maximum Gasteiger partial charge on any atom is 0.157 e. The van der Waals surface area contributed by atoms with E-state index in [1.165, 1.54) is 17.5 Å². The van der Waals surface area contributed by atoms with Crippen molar-refractivity contribution in [2.24, 2.45) is 0 Å². The van der Waals surface area contributed by atoms with Gasteiger partial charge in [0.25, 0.3) is 0 Å². The lowest BCUT2D eigenvalue weighted by Gasteiger charge is -2.39. The van der Waals surface area contributed by atoms with E-state index in [-0.39, 0.29) is 18.4 Å². The van der Waals surface area contributed by atoms with E-state index in [2.05, 4.69) is 29.6 Å². The van der Waals surface area contributed by atoms with Gasteiger partial charge in [-0.1, -0.05) is 24.3 Å². The second-order valence-electron chi connectivity index (χ2n) is 6.34. The molecule has 0 saturated carbocycles. The van der Waals surface area contributed by atoms with Gasteiger partial charge in [0.2, 0.25) is 0 Å². The van der Waals surface area contributed by atoms with Crippen LogP contribution >= 0.6 is 0 Å². The molecule has 1 heterocycles. The summed E-state index contributed by atoms with van der Waals surface area (Å²) in [5.41, 5.74) is 2.29. The Bertz CT molecular complexity index is 473. The molecule has 0 unspecified atom stereocenters. The molecule has 22 heavy (non-hydrogen) atoms. The predicted molar refractivity (Wildman–Crippen MR) is 85.7 cm³/mol. The molecule has 4 nitrogen and oxygen atoms in total. The Morgan fingerprint density at radius 1 is 1.27 bits per heavy atom. The van der Waals surface area contributed by atoms with Crippen LogP contribution in [0.1, 0.15) is 43.2 Å². The van der Waals surface area contributed by atoms with E-state index in [1.54, 1.807) is 0 Å². The van der Waals surface area contributed by atoms with Crippen LogP contribution in [0.15, 0.2) is 24.3 Å². The van der Waals surface area contributed by atoms with Crippen LogP contribution in [0.2, 0.25) is 0 Å². The summed E-state index contributed by atoms with van der Waals surface area (Å²) in [5.74, 6) is 0. The number of ether oxygens (including phenoxy) is 2. The molecular weight excluding hydrogens is 278 g/mol. The van der Waals surface area contributed by atoms with Gasteiger partial charge in [-0.05, 0) is 49.7 Å². The van der Waals surface area contributed by atoms with Gasteiger partial charge in [-0.2, -0.15) is 0 Å². The Labute approximate surface area is 132 Å². The normalized spacial score (nSPS) is 28.3. The maximum absolute atomic E-state index is 10.0. The summed E-state index contributed by atoms with van der Waals surface area (Å²) in [6.07, 6.45) is 6.46. The minimum atomic E-state index is -0.314. The minimum Gasteiger partial charge on any atom is -0.394 e. The first-order chi connectivity index (χ1) is 10.8. The summed E-state index contributed by atoms with van der Waals surface area (Å²) in [6, 6.07) is 8.45. The number of nitrogens with one attached hydrogen (secondary N) is 1. The molecule has 0 bridgehead atoms. The summed E-state index contributed by atoms with van der Waals surface area (Å²) in [7, 11) is 0. The van der Waals surface area contributed by atoms with Crippen LogP contribution in [0, 0.1) is 0 Å². The third kappa shape index (κ3) is 3.51. The molecule has 2 atom stereocenters. The number of rotatable bonds is 6. The van der Waals surface area contributed by atoms with E-state index < -0.39 is 0 Å². The number of aliphatic hydroxyl groups excluding tert-OH is 1. The lowest BCUT2D eigenvalue weighted by atomic mass is 9.77. The summed E-state index contributed by atoms with van der Waals surface area (Å²) in [5, 5.41) is 13.6. The van der Waals surface area contributed by atoms with Crippen LogP contribution in [-0.2, 0) is 21.4 Å². The molecule has 1 saturated heterocycles. The third-order valence-corrected chi connectivity index (χ3v) is 4.86. The van der Waals surface area contributed by atoms with Crippen LogP contribution in [-0.4, -0.2) is 37.8 Å². The monoisotopic (exact) mass is 305 g/mol. The fourth-order valence-electron chi connectivity index (χ4n) is 3.65. The average molecular weight is 305 g/mol. The van der Waals surface area contributed by atoms with Gasteiger partial charge in [-0.15, -0.1) is 0 Å². The van der Waals surface area contributed by atoms with Crippen molar-refractivity contribution >= 4 is 0 Å². The zero-order valence-corrected chi connectivity index (χ0v) is 13.2. The van der Waals surface area contributed by atoms with E-state index in [0.717, 1.165) is 45.3 Å². The highest BCUT2D eigenvalue weighted by atomic mass is 16.7. The molecule has 4 heteroatoms. The number of hydrogen-bond donors (Lipinski definition) is 2. The lowest BCUT2D eigenvalue weighted by molar-refractivity contribution is -0.162. The zero-order chi connectivity index (χ0) is 15.3. The van der Waals surface area contributed by atoms with Gasteiger partial charge in [0, 0.05) is 13.2 Å². The first-order valence-electron chi connectivity index (χ1n) is 8.51. The van der Waals surface area contributed by atoms with Gasteiger partial charge in [0.15, 0.2) is 6.29 Å². The molecular formula is C18H27NO3. The van der Waals surface area contributed by atoms with Crippen LogP contribution in [0.4, 0.5) is 0 Å².